The van der Waals surface area contributed by atoms with Crippen LogP contribution in [-0.4, -0.2) is 66.2 Å². The van der Waals surface area contributed by atoms with Gasteiger partial charge in [0.15, 0.2) is 0 Å². The van der Waals surface area contributed by atoms with E-state index in [1.807, 2.05) is 57.1 Å². The van der Waals surface area contributed by atoms with Crippen LogP contribution in [0.15, 0.2) is 65.1 Å². The van der Waals surface area contributed by atoms with E-state index < -0.39 is 11.4 Å². The number of nitrogens with zero attached hydrogens (tertiary/aromatic N) is 5. The van der Waals surface area contributed by atoms with Crippen molar-refractivity contribution >= 4 is 40.2 Å². The van der Waals surface area contributed by atoms with Crippen molar-refractivity contribution in [1.29, 1.82) is 5.26 Å². The summed E-state index contributed by atoms with van der Waals surface area (Å²) >= 11 is 6.68. The van der Waals surface area contributed by atoms with E-state index in [0.29, 0.717) is 51.7 Å². The molecule has 11 nitrogen and oxygen atoms in total. The third-order valence-electron chi connectivity index (χ3n) is 7.63. The minimum Gasteiger partial charge on any atom is -0.497 e. The van der Waals surface area contributed by atoms with Crippen molar-refractivity contribution in [1.82, 2.24) is 19.4 Å². The first-order valence-corrected chi connectivity index (χ1v) is 14.5. The van der Waals surface area contributed by atoms with E-state index in [1.165, 1.54) is 14.2 Å². The number of likely N-dealkylation sites (N-methyl/N-ethyl adjacent to an activating group) is 1. The lowest BCUT2D eigenvalue weighted by molar-refractivity contribution is -0.112. The number of amides is 1. The van der Waals surface area contributed by atoms with Gasteiger partial charge in [-0.15, -0.1) is 0 Å². The van der Waals surface area contributed by atoms with Gasteiger partial charge >= 0.3 is 0 Å². The molecule has 12 heteroatoms. The average molecular weight is 630 g/mol. The number of ether oxygens (including phenoxy) is 2. The van der Waals surface area contributed by atoms with Crippen molar-refractivity contribution < 1.29 is 14.3 Å². The van der Waals surface area contributed by atoms with E-state index in [0.717, 1.165) is 5.56 Å². The zero-order valence-corrected chi connectivity index (χ0v) is 27.1. The molecule has 1 amide bonds. The number of hydrogen-bond donors (Lipinski definition) is 2. The molecule has 0 bridgehead atoms. The summed E-state index contributed by atoms with van der Waals surface area (Å²) in [4.78, 5) is 37.9. The maximum atomic E-state index is 14.1. The molecule has 4 rings (SSSR count). The van der Waals surface area contributed by atoms with Crippen LogP contribution >= 0.6 is 11.6 Å². The van der Waals surface area contributed by atoms with Gasteiger partial charge in [-0.1, -0.05) is 23.7 Å². The molecule has 234 valence electrons. The van der Waals surface area contributed by atoms with Crippen LogP contribution < -0.4 is 25.7 Å². The molecule has 0 unspecified atom stereocenters. The number of aromatic nitrogens is 3. The number of anilines is 2. The Bertz CT molecular complexity index is 1880. The molecule has 0 atom stereocenters. The van der Waals surface area contributed by atoms with E-state index >= 15 is 0 Å². The van der Waals surface area contributed by atoms with Crippen molar-refractivity contribution in [3.63, 3.8) is 0 Å². The number of fused-ring (bicyclic) bond motifs is 1. The molecular weight excluding hydrogens is 594 g/mol. The largest absolute Gasteiger partial charge is 0.497 e. The van der Waals surface area contributed by atoms with Crippen LogP contribution in [0.5, 0.6) is 11.5 Å². The summed E-state index contributed by atoms with van der Waals surface area (Å²) in [6.45, 7) is 4.10. The van der Waals surface area contributed by atoms with Crippen LogP contribution in [0.2, 0.25) is 5.02 Å². The fourth-order valence-electron chi connectivity index (χ4n) is 4.59. The summed E-state index contributed by atoms with van der Waals surface area (Å²) in [6, 6.07) is 14.3. The molecule has 0 aliphatic rings. The molecule has 2 heterocycles. The fraction of sp³-hybridized carbons (Fsp3) is 0.303. The summed E-state index contributed by atoms with van der Waals surface area (Å²) in [6.07, 6.45) is 3.72. The second-order valence-electron chi connectivity index (χ2n) is 11.1. The van der Waals surface area contributed by atoms with Gasteiger partial charge < -0.3 is 25.0 Å². The Morgan fingerprint density at radius 1 is 1.16 bits per heavy atom. The van der Waals surface area contributed by atoms with Crippen molar-refractivity contribution in [2.45, 2.75) is 32.4 Å². The van der Waals surface area contributed by atoms with Gasteiger partial charge in [-0.2, -0.15) is 10.2 Å². The van der Waals surface area contributed by atoms with Gasteiger partial charge in [0, 0.05) is 53.6 Å². The highest BCUT2D eigenvalue weighted by Gasteiger charge is 2.22. The second-order valence-corrected chi connectivity index (χ2v) is 11.4. The molecule has 2 aromatic heterocycles. The SMILES string of the molecule is CNc1ncc2cc(-c3cc(OC)cc(OC)c3Cl)c(=O)n(CCc3cccc(NC(=O)/C(C#N)=C/C(C)(C)N(C)C)c3)c2n1. The van der Waals surface area contributed by atoms with E-state index in [4.69, 9.17) is 21.1 Å². The lowest BCUT2D eigenvalue weighted by atomic mass is 10.00. The van der Waals surface area contributed by atoms with Crippen molar-refractivity contribution in [2.75, 3.05) is 46.0 Å². The lowest BCUT2D eigenvalue weighted by Gasteiger charge is -2.29. The van der Waals surface area contributed by atoms with Crippen LogP contribution in [-0.2, 0) is 17.8 Å². The number of halogens is 1. The predicted molar refractivity (Wildman–Crippen MR) is 177 cm³/mol. The van der Waals surface area contributed by atoms with Gasteiger partial charge in [0.25, 0.3) is 11.5 Å². The van der Waals surface area contributed by atoms with Gasteiger partial charge in [0.2, 0.25) is 5.95 Å². The summed E-state index contributed by atoms with van der Waals surface area (Å²) in [5.74, 6) is 0.726. The average Bonchev–Trinajstić information content (AvgIpc) is 3.03. The van der Waals surface area contributed by atoms with Gasteiger partial charge in [-0.3, -0.25) is 14.2 Å². The second kappa shape index (κ2) is 13.8. The molecule has 45 heavy (non-hydrogen) atoms. The number of methoxy groups -OCH3 is 2. The van der Waals surface area contributed by atoms with Crippen molar-refractivity contribution in [2.24, 2.45) is 0 Å². The first-order valence-electron chi connectivity index (χ1n) is 14.1. The maximum Gasteiger partial charge on any atom is 0.266 e. The number of carbonyl (C=O) groups excluding carboxylic acids is 1. The molecule has 0 aliphatic carbocycles. The number of carbonyl (C=O) groups is 1. The highest BCUT2D eigenvalue weighted by molar-refractivity contribution is 6.35. The first kappa shape index (κ1) is 33.0. The third kappa shape index (κ3) is 7.25. The molecule has 0 fully saturated rings. The van der Waals surface area contributed by atoms with E-state index in [1.54, 1.807) is 48.2 Å². The van der Waals surface area contributed by atoms with Crippen LogP contribution in [0, 0.1) is 11.3 Å². The smallest absolute Gasteiger partial charge is 0.266 e. The van der Waals surface area contributed by atoms with Gasteiger partial charge in [-0.05, 0) is 70.3 Å². The summed E-state index contributed by atoms with van der Waals surface area (Å²) in [5, 5.41) is 16.3. The summed E-state index contributed by atoms with van der Waals surface area (Å²) in [7, 11) is 8.48. The number of pyridine rings is 1. The van der Waals surface area contributed by atoms with E-state index in [2.05, 4.69) is 20.6 Å². The Morgan fingerprint density at radius 3 is 2.56 bits per heavy atom. The highest BCUT2D eigenvalue weighted by Crippen LogP contribution is 2.38. The number of nitrogens with one attached hydrogen (secondary N) is 2. The molecule has 2 aromatic carbocycles. The maximum absolute atomic E-state index is 14.1. The zero-order chi connectivity index (χ0) is 32.9. The highest BCUT2D eigenvalue weighted by atomic mass is 35.5. The minimum absolute atomic E-state index is 0.0156. The van der Waals surface area contributed by atoms with Crippen LogP contribution in [0.1, 0.15) is 19.4 Å². The summed E-state index contributed by atoms with van der Waals surface area (Å²) < 4.78 is 12.4. The quantitative estimate of drug-likeness (QED) is 0.171. The van der Waals surface area contributed by atoms with Gasteiger partial charge in [0.05, 0.1) is 19.2 Å². The Hall–Kier alpha value is -4.92. The van der Waals surface area contributed by atoms with E-state index in [-0.39, 0.29) is 22.7 Å². The Labute approximate surface area is 267 Å². The minimum atomic E-state index is -0.499. The fourth-order valence-corrected chi connectivity index (χ4v) is 4.88. The molecule has 4 aromatic rings. The number of benzene rings is 2. The van der Waals surface area contributed by atoms with Crippen LogP contribution in [0.4, 0.5) is 11.6 Å². The third-order valence-corrected chi connectivity index (χ3v) is 8.02. The number of rotatable bonds is 11. The zero-order valence-electron chi connectivity index (χ0n) is 26.4. The number of aryl methyl sites for hydroxylation is 2. The lowest BCUT2D eigenvalue weighted by Crippen LogP contribution is -2.37. The molecule has 0 radical (unpaired) electrons. The molecule has 0 saturated heterocycles. The molecule has 0 saturated carbocycles. The topological polar surface area (TPSA) is 134 Å². The van der Waals surface area contributed by atoms with Crippen molar-refractivity contribution in [3.8, 4) is 28.7 Å². The summed E-state index contributed by atoms with van der Waals surface area (Å²) in [5.41, 5.74) is 1.84. The van der Waals surface area contributed by atoms with E-state index in [9.17, 15) is 14.9 Å². The van der Waals surface area contributed by atoms with Gasteiger partial charge in [-0.25, -0.2) is 4.98 Å². The Morgan fingerprint density at radius 2 is 1.91 bits per heavy atom. The monoisotopic (exact) mass is 629 g/mol. The number of nitriles is 1. The molecule has 0 spiro atoms. The standard InChI is InChI=1S/C33H36ClN7O4/c1-33(2,40(4)5)17-22(18-35)30(42)38-23-10-8-9-20(13-23)11-12-41-29-21(19-37-32(36-3)39-29)14-26(31(41)43)25-15-24(44-6)16-27(45-7)28(25)34/h8-10,13-17,19H,11-12H2,1-7H3,(H,38,42)(H,36,37,39)/b22-17+. The normalized spacial score (nSPS) is 11.8. The number of hydrogen-bond acceptors (Lipinski definition) is 9. The molecule has 2 N–H and O–H groups in total. The van der Waals surface area contributed by atoms with Crippen molar-refractivity contribution in [3.05, 3.63) is 81.3 Å². The van der Waals surface area contributed by atoms with Crippen LogP contribution in [0.3, 0.4) is 0 Å². The Balaban J connectivity index is 1.71. The van der Waals surface area contributed by atoms with Crippen LogP contribution in [0.25, 0.3) is 22.2 Å². The predicted octanol–water partition coefficient (Wildman–Crippen LogP) is 5.14. The Kier molecular flexibility index (Phi) is 10.1. The molecule has 0 aliphatic heterocycles. The molecular formula is C33H36ClN7O4. The van der Waals surface area contributed by atoms with Gasteiger partial charge in [0.1, 0.15) is 28.8 Å². The first-order chi connectivity index (χ1) is 21.4.